The van der Waals surface area contributed by atoms with E-state index in [0.717, 1.165) is 56.8 Å². The summed E-state index contributed by atoms with van der Waals surface area (Å²) in [6, 6.07) is 8.23. The van der Waals surface area contributed by atoms with Crippen molar-refractivity contribution < 1.29 is 4.74 Å². The summed E-state index contributed by atoms with van der Waals surface area (Å²) in [5.41, 5.74) is 1.18. The number of rotatable bonds is 12. The average molecular weight is 367 g/mol. The lowest BCUT2D eigenvalue weighted by molar-refractivity contribution is 0.223. The summed E-state index contributed by atoms with van der Waals surface area (Å²) in [4.78, 5) is 6.99. The third-order valence-corrected chi connectivity index (χ3v) is 4.47. The zero-order chi connectivity index (χ0) is 18.3. The topological polar surface area (TPSA) is 48.9 Å². The van der Waals surface area contributed by atoms with Crippen molar-refractivity contribution in [2.24, 2.45) is 4.99 Å². The smallest absolute Gasteiger partial charge is 0.191 e. The Bertz CT molecular complexity index is 475. The molecule has 0 atom stereocenters. The van der Waals surface area contributed by atoms with Gasteiger partial charge in [-0.15, -0.1) is 0 Å². The van der Waals surface area contributed by atoms with E-state index in [1.165, 1.54) is 5.56 Å². The highest BCUT2D eigenvalue weighted by atomic mass is 32.2. The van der Waals surface area contributed by atoms with Crippen LogP contribution in [0.2, 0.25) is 0 Å². The van der Waals surface area contributed by atoms with E-state index in [-0.39, 0.29) is 0 Å². The summed E-state index contributed by atoms with van der Waals surface area (Å²) in [7, 11) is 0. The summed E-state index contributed by atoms with van der Waals surface area (Å²) < 4.78 is 5.82. The lowest BCUT2D eigenvalue weighted by Crippen LogP contribution is -2.38. The fraction of sp³-hybridized carbons (Fsp3) is 0.632. The Balaban J connectivity index is 2.44. The number of hydrogen-bond acceptors (Lipinski definition) is 4. The second-order valence-electron chi connectivity index (χ2n) is 5.63. The molecule has 6 heteroatoms. The van der Waals surface area contributed by atoms with Gasteiger partial charge in [-0.1, -0.05) is 26.0 Å². The Labute approximate surface area is 157 Å². The van der Waals surface area contributed by atoms with Crippen LogP contribution in [0.25, 0.3) is 0 Å². The van der Waals surface area contributed by atoms with E-state index in [4.69, 9.17) is 4.74 Å². The standard InChI is InChI=1S/C19H34N4OS/c1-5-20-19(21-12-15-25-4)22-16-17-8-10-18(11-9-17)24-14-13-23(6-2)7-3/h8-11H,5-7,12-16H2,1-4H3,(H2,20,21,22). The second kappa shape index (κ2) is 13.8. The Morgan fingerprint density at radius 3 is 2.44 bits per heavy atom. The maximum atomic E-state index is 5.82. The molecule has 0 aliphatic heterocycles. The minimum Gasteiger partial charge on any atom is -0.492 e. The molecule has 5 nitrogen and oxygen atoms in total. The molecule has 0 saturated heterocycles. The molecule has 0 unspecified atom stereocenters. The summed E-state index contributed by atoms with van der Waals surface area (Å²) in [5, 5.41) is 6.61. The van der Waals surface area contributed by atoms with E-state index in [2.05, 4.69) is 59.7 Å². The monoisotopic (exact) mass is 366 g/mol. The molecule has 0 bridgehead atoms. The number of nitrogens with one attached hydrogen (secondary N) is 2. The van der Waals surface area contributed by atoms with Crippen LogP contribution in [0.15, 0.2) is 29.3 Å². The van der Waals surface area contributed by atoms with Gasteiger partial charge in [0.25, 0.3) is 0 Å². The number of guanidine groups is 1. The molecule has 1 rings (SSSR count). The van der Waals surface area contributed by atoms with Gasteiger partial charge in [-0.3, -0.25) is 0 Å². The molecule has 0 aliphatic rings. The van der Waals surface area contributed by atoms with Crippen LogP contribution in [0.3, 0.4) is 0 Å². The normalized spacial score (nSPS) is 11.6. The van der Waals surface area contributed by atoms with Gasteiger partial charge in [0.05, 0.1) is 6.54 Å². The molecule has 0 fully saturated rings. The van der Waals surface area contributed by atoms with Crippen LogP contribution < -0.4 is 15.4 Å². The molecule has 0 amide bonds. The SMILES string of the molecule is CCNC(=NCc1ccc(OCCN(CC)CC)cc1)NCCSC. The number of nitrogens with zero attached hydrogens (tertiary/aromatic N) is 2. The first-order valence-corrected chi connectivity index (χ1v) is 10.6. The molecule has 0 aromatic heterocycles. The largest absolute Gasteiger partial charge is 0.492 e. The fourth-order valence-electron chi connectivity index (χ4n) is 2.31. The lowest BCUT2D eigenvalue weighted by atomic mass is 10.2. The van der Waals surface area contributed by atoms with Crippen LogP contribution in [-0.2, 0) is 6.54 Å². The van der Waals surface area contributed by atoms with Crippen molar-refractivity contribution in [1.82, 2.24) is 15.5 Å². The van der Waals surface area contributed by atoms with Crippen molar-refractivity contribution in [2.75, 3.05) is 51.3 Å². The van der Waals surface area contributed by atoms with Crippen LogP contribution >= 0.6 is 11.8 Å². The van der Waals surface area contributed by atoms with Gasteiger partial charge in [0.1, 0.15) is 12.4 Å². The molecule has 1 aromatic carbocycles. The number of aliphatic imine (C=N–C) groups is 1. The molecule has 0 spiro atoms. The number of hydrogen-bond donors (Lipinski definition) is 2. The van der Waals surface area contributed by atoms with Gasteiger partial charge < -0.3 is 20.3 Å². The maximum absolute atomic E-state index is 5.82. The molecule has 0 aliphatic carbocycles. The Hall–Kier alpha value is -1.40. The van der Waals surface area contributed by atoms with Crippen molar-refractivity contribution >= 4 is 17.7 Å². The first-order chi connectivity index (χ1) is 12.2. The van der Waals surface area contributed by atoms with Gasteiger partial charge in [-0.2, -0.15) is 11.8 Å². The number of thioether (sulfide) groups is 1. The van der Waals surface area contributed by atoms with Crippen LogP contribution in [-0.4, -0.2) is 62.2 Å². The number of ether oxygens (including phenoxy) is 1. The molecular formula is C19H34N4OS. The fourth-order valence-corrected chi connectivity index (χ4v) is 2.61. The molecule has 2 N–H and O–H groups in total. The van der Waals surface area contributed by atoms with Crippen molar-refractivity contribution in [2.45, 2.75) is 27.3 Å². The highest BCUT2D eigenvalue weighted by Crippen LogP contribution is 2.13. The van der Waals surface area contributed by atoms with Gasteiger partial charge in [0, 0.05) is 25.4 Å². The van der Waals surface area contributed by atoms with Gasteiger partial charge >= 0.3 is 0 Å². The van der Waals surface area contributed by atoms with E-state index in [9.17, 15) is 0 Å². The third-order valence-electron chi connectivity index (χ3n) is 3.86. The molecule has 142 valence electrons. The van der Waals surface area contributed by atoms with Gasteiger partial charge in [-0.25, -0.2) is 4.99 Å². The van der Waals surface area contributed by atoms with Gasteiger partial charge in [0.15, 0.2) is 5.96 Å². The van der Waals surface area contributed by atoms with Crippen LogP contribution in [0.1, 0.15) is 26.3 Å². The summed E-state index contributed by atoms with van der Waals surface area (Å²) in [6.07, 6.45) is 2.11. The average Bonchev–Trinajstić information content (AvgIpc) is 2.64. The zero-order valence-corrected chi connectivity index (χ0v) is 17.0. The summed E-state index contributed by atoms with van der Waals surface area (Å²) in [5.74, 6) is 2.87. The van der Waals surface area contributed by atoms with Crippen molar-refractivity contribution in [3.05, 3.63) is 29.8 Å². The van der Waals surface area contributed by atoms with E-state index >= 15 is 0 Å². The van der Waals surface area contributed by atoms with Crippen molar-refractivity contribution in [3.8, 4) is 5.75 Å². The molecule has 25 heavy (non-hydrogen) atoms. The first-order valence-electron chi connectivity index (χ1n) is 9.18. The third kappa shape index (κ3) is 9.60. The maximum Gasteiger partial charge on any atom is 0.191 e. The quantitative estimate of drug-likeness (QED) is 0.338. The summed E-state index contributed by atoms with van der Waals surface area (Å²) >= 11 is 1.83. The Morgan fingerprint density at radius 1 is 1.12 bits per heavy atom. The molecule has 1 aromatic rings. The molecule has 0 heterocycles. The van der Waals surface area contributed by atoms with Crippen LogP contribution in [0.5, 0.6) is 5.75 Å². The van der Waals surface area contributed by atoms with E-state index < -0.39 is 0 Å². The minimum atomic E-state index is 0.661. The second-order valence-corrected chi connectivity index (χ2v) is 6.62. The highest BCUT2D eigenvalue weighted by molar-refractivity contribution is 7.98. The Kier molecular flexibility index (Phi) is 12.0. The minimum absolute atomic E-state index is 0.661. The molecule has 0 saturated carbocycles. The number of benzene rings is 1. The molecular weight excluding hydrogens is 332 g/mol. The first kappa shape index (κ1) is 21.6. The predicted octanol–water partition coefficient (Wildman–Crippen LogP) is 2.83. The van der Waals surface area contributed by atoms with E-state index in [1.54, 1.807) is 0 Å². The van der Waals surface area contributed by atoms with Crippen molar-refractivity contribution in [3.63, 3.8) is 0 Å². The van der Waals surface area contributed by atoms with E-state index in [0.29, 0.717) is 6.54 Å². The Morgan fingerprint density at radius 2 is 1.84 bits per heavy atom. The van der Waals surface area contributed by atoms with E-state index in [1.807, 2.05) is 23.9 Å². The highest BCUT2D eigenvalue weighted by Gasteiger charge is 2.01. The van der Waals surface area contributed by atoms with Crippen LogP contribution in [0, 0.1) is 0 Å². The van der Waals surface area contributed by atoms with Crippen LogP contribution in [0.4, 0.5) is 0 Å². The van der Waals surface area contributed by atoms with Gasteiger partial charge in [-0.05, 0) is 44.0 Å². The predicted molar refractivity (Wildman–Crippen MR) is 111 cm³/mol. The number of likely N-dealkylation sites (N-methyl/N-ethyl adjacent to an activating group) is 1. The zero-order valence-electron chi connectivity index (χ0n) is 16.2. The lowest BCUT2D eigenvalue weighted by Gasteiger charge is -2.18. The molecule has 0 radical (unpaired) electrons. The summed E-state index contributed by atoms with van der Waals surface area (Å²) in [6.45, 7) is 12.7. The van der Waals surface area contributed by atoms with Crippen molar-refractivity contribution in [1.29, 1.82) is 0 Å². The van der Waals surface area contributed by atoms with Gasteiger partial charge in [0.2, 0.25) is 0 Å².